The molecule has 1 fully saturated rings. The highest BCUT2D eigenvalue weighted by Crippen LogP contribution is 2.32. The Kier molecular flexibility index (Phi) is 11.2. The Hall–Kier alpha value is -2.68. The fraction of sp³-hybridized carbons (Fsp3) is 0.577. The van der Waals surface area contributed by atoms with Crippen LogP contribution in [-0.2, 0) is 21.3 Å². The molecule has 2 aromatic rings. The average Bonchev–Trinajstić information content (AvgIpc) is 2.92. The first-order valence-corrected chi connectivity index (χ1v) is 14.5. The largest absolute Gasteiger partial charge is 0.493 e. The second-order valence-corrected chi connectivity index (χ2v) is 11.7. The molecule has 2 N–H and O–H groups in total. The van der Waals surface area contributed by atoms with Crippen LogP contribution in [-0.4, -0.2) is 110 Å². The van der Waals surface area contributed by atoms with E-state index >= 15 is 0 Å². The number of rotatable bonds is 13. The molecule has 0 atom stereocenters. The summed E-state index contributed by atoms with van der Waals surface area (Å²) in [5.74, 6) is -0.232. The van der Waals surface area contributed by atoms with Crippen molar-refractivity contribution in [2.24, 2.45) is 10.2 Å². The van der Waals surface area contributed by atoms with Crippen LogP contribution in [0.2, 0.25) is 0 Å². The SMILES string of the molecule is Cc1c(/N=N/c2ccc(S(=O)(=O)N3CCN(CCOCCO)CC3)cc2)c(O)n(CCCN(C)C)c(=O)c1C. The van der Waals surface area contributed by atoms with E-state index in [1.54, 1.807) is 26.0 Å². The molecule has 0 spiro atoms. The van der Waals surface area contributed by atoms with E-state index in [2.05, 4.69) is 15.1 Å². The summed E-state index contributed by atoms with van der Waals surface area (Å²) in [6.07, 6.45) is 0.684. The maximum atomic E-state index is 13.1. The van der Waals surface area contributed by atoms with E-state index in [9.17, 15) is 18.3 Å². The van der Waals surface area contributed by atoms with Crippen molar-refractivity contribution >= 4 is 21.4 Å². The number of pyridine rings is 1. The van der Waals surface area contributed by atoms with Crippen LogP contribution in [0.5, 0.6) is 5.88 Å². The lowest BCUT2D eigenvalue weighted by Crippen LogP contribution is -2.49. The molecule has 216 valence electrons. The predicted molar refractivity (Wildman–Crippen MR) is 149 cm³/mol. The second-order valence-electron chi connectivity index (χ2n) is 9.81. The molecule has 0 unspecified atom stereocenters. The number of hydrogen-bond acceptors (Lipinski definition) is 10. The second kappa shape index (κ2) is 14.1. The molecular weight excluding hydrogens is 524 g/mol. The zero-order chi connectivity index (χ0) is 28.6. The van der Waals surface area contributed by atoms with Crippen molar-refractivity contribution in [1.29, 1.82) is 0 Å². The maximum absolute atomic E-state index is 13.1. The summed E-state index contributed by atoms with van der Waals surface area (Å²) < 4.78 is 34.4. The highest BCUT2D eigenvalue weighted by atomic mass is 32.2. The third-order valence-corrected chi connectivity index (χ3v) is 8.71. The minimum absolute atomic E-state index is 0.0141. The van der Waals surface area contributed by atoms with Crippen molar-refractivity contribution in [3.63, 3.8) is 0 Å². The monoisotopic (exact) mass is 564 g/mol. The Morgan fingerprint density at radius 2 is 1.64 bits per heavy atom. The van der Waals surface area contributed by atoms with Crippen molar-refractivity contribution in [2.75, 3.05) is 73.2 Å². The van der Waals surface area contributed by atoms with Gasteiger partial charge in [-0.15, -0.1) is 5.11 Å². The number of aromatic hydroxyl groups is 1. The third-order valence-electron chi connectivity index (χ3n) is 6.80. The van der Waals surface area contributed by atoms with E-state index in [-0.39, 0.29) is 28.6 Å². The Bertz CT molecular complexity index is 1290. The molecule has 0 amide bonds. The molecule has 0 aliphatic carbocycles. The van der Waals surface area contributed by atoms with E-state index in [4.69, 9.17) is 9.84 Å². The normalized spacial score (nSPS) is 15.5. The number of azo groups is 1. The van der Waals surface area contributed by atoms with Gasteiger partial charge in [0.2, 0.25) is 15.9 Å². The van der Waals surface area contributed by atoms with Crippen LogP contribution in [0.1, 0.15) is 17.5 Å². The van der Waals surface area contributed by atoms with Crippen LogP contribution in [0.4, 0.5) is 11.4 Å². The number of nitrogens with zero attached hydrogens (tertiary/aromatic N) is 6. The molecule has 2 heterocycles. The minimum atomic E-state index is -3.65. The summed E-state index contributed by atoms with van der Waals surface area (Å²) in [6, 6.07) is 6.13. The van der Waals surface area contributed by atoms with Gasteiger partial charge in [0.25, 0.3) is 5.56 Å². The summed E-state index contributed by atoms with van der Waals surface area (Å²) in [5.41, 5.74) is 1.42. The Morgan fingerprint density at radius 1 is 0.974 bits per heavy atom. The first-order valence-electron chi connectivity index (χ1n) is 13.1. The van der Waals surface area contributed by atoms with Gasteiger partial charge in [-0.3, -0.25) is 14.3 Å². The van der Waals surface area contributed by atoms with Gasteiger partial charge >= 0.3 is 0 Å². The van der Waals surface area contributed by atoms with Gasteiger partial charge in [0.15, 0.2) is 0 Å². The Morgan fingerprint density at radius 3 is 2.26 bits per heavy atom. The van der Waals surface area contributed by atoms with Crippen LogP contribution in [0.3, 0.4) is 0 Å². The lowest BCUT2D eigenvalue weighted by Gasteiger charge is -2.33. The summed E-state index contributed by atoms with van der Waals surface area (Å²) in [5, 5.41) is 28.0. The molecule has 1 aromatic heterocycles. The van der Waals surface area contributed by atoms with Gasteiger partial charge in [0.05, 0.1) is 30.4 Å². The van der Waals surface area contributed by atoms with Gasteiger partial charge in [-0.1, -0.05) is 0 Å². The smallest absolute Gasteiger partial charge is 0.256 e. The number of piperazine rings is 1. The summed E-state index contributed by atoms with van der Waals surface area (Å²) >= 11 is 0. The predicted octanol–water partition coefficient (Wildman–Crippen LogP) is 1.85. The van der Waals surface area contributed by atoms with E-state index in [0.717, 1.165) is 6.54 Å². The Balaban J connectivity index is 1.69. The fourth-order valence-corrected chi connectivity index (χ4v) is 5.72. The van der Waals surface area contributed by atoms with Crippen LogP contribution in [0.15, 0.2) is 44.2 Å². The zero-order valence-corrected chi connectivity index (χ0v) is 24.0. The molecule has 3 rings (SSSR count). The van der Waals surface area contributed by atoms with Crippen LogP contribution in [0, 0.1) is 13.8 Å². The summed E-state index contributed by atoms with van der Waals surface area (Å²) in [6.45, 7) is 7.97. The lowest BCUT2D eigenvalue weighted by atomic mass is 10.1. The first-order chi connectivity index (χ1) is 18.6. The molecule has 0 bridgehead atoms. The van der Waals surface area contributed by atoms with E-state index in [1.165, 1.54) is 21.0 Å². The minimum Gasteiger partial charge on any atom is -0.493 e. The highest BCUT2D eigenvalue weighted by molar-refractivity contribution is 7.89. The summed E-state index contributed by atoms with van der Waals surface area (Å²) in [4.78, 5) is 17.0. The number of hydrogen-bond donors (Lipinski definition) is 2. The molecule has 12 nitrogen and oxygen atoms in total. The van der Waals surface area contributed by atoms with Crippen molar-refractivity contribution in [3.8, 4) is 5.88 Å². The molecule has 1 aliphatic heterocycles. The number of aliphatic hydroxyl groups is 1. The van der Waals surface area contributed by atoms with Gasteiger partial charge < -0.3 is 19.8 Å². The molecule has 1 aliphatic rings. The molecule has 13 heteroatoms. The molecular formula is C26H40N6O6S. The molecule has 0 radical (unpaired) electrons. The third kappa shape index (κ3) is 7.93. The van der Waals surface area contributed by atoms with Crippen molar-refractivity contribution in [3.05, 3.63) is 45.7 Å². The van der Waals surface area contributed by atoms with E-state index in [1.807, 2.05) is 19.0 Å². The van der Waals surface area contributed by atoms with Crippen LogP contribution < -0.4 is 5.56 Å². The van der Waals surface area contributed by atoms with E-state index < -0.39 is 10.0 Å². The fourth-order valence-electron chi connectivity index (χ4n) is 4.30. The number of aromatic nitrogens is 1. The van der Waals surface area contributed by atoms with E-state index in [0.29, 0.717) is 75.7 Å². The number of sulfonamides is 1. The number of aliphatic hydroxyl groups excluding tert-OH is 1. The lowest BCUT2D eigenvalue weighted by molar-refractivity contribution is 0.0661. The van der Waals surface area contributed by atoms with Crippen LogP contribution in [0.25, 0.3) is 0 Å². The molecule has 39 heavy (non-hydrogen) atoms. The maximum Gasteiger partial charge on any atom is 0.256 e. The number of benzene rings is 1. The average molecular weight is 565 g/mol. The van der Waals surface area contributed by atoms with Crippen LogP contribution >= 0.6 is 0 Å². The Labute approximate surface area is 230 Å². The standard InChI is InChI=1S/C26H40N6O6S/c1-20-21(2)25(34)32(11-5-10-29(3)4)26(35)24(20)28-27-22-6-8-23(9-7-22)39(36,37)31-14-12-30(13-15-31)16-18-38-19-17-33/h6-9,33,35H,5,10-19H2,1-4H3/b28-27+. The van der Waals surface area contributed by atoms with Crippen molar-refractivity contribution in [1.82, 2.24) is 18.7 Å². The quantitative estimate of drug-likeness (QED) is 0.278. The van der Waals surface area contributed by atoms with Gasteiger partial charge in [0.1, 0.15) is 5.69 Å². The zero-order valence-electron chi connectivity index (χ0n) is 23.2. The topological polar surface area (TPSA) is 140 Å². The number of ether oxygens (including phenoxy) is 1. The van der Waals surface area contributed by atoms with Crippen molar-refractivity contribution < 1.29 is 23.4 Å². The van der Waals surface area contributed by atoms with Crippen molar-refractivity contribution in [2.45, 2.75) is 31.7 Å². The summed E-state index contributed by atoms with van der Waals surface area (Å²) in [7, 11) is 0.232. The van der Waals surface area contributed by atoms with Gasteiger partial charge in [-0.05, 0) is 70.7 Å². The van der Waals surface area contributed by atoms with Gasteiger partial charge in [-0.25, -0.2) is 8.42 Å². The molecule has 1 saturated heterocycles. The molecule has 1 aromatic carbocycles. The first kappa shape index (κ1) is 30.9. The highest BCUT2D eigenvalue weighted by Gasteiger charge is 2.28. The van der Waals surface area contributed by atoms with Gasteiger partial charge in [-0.2, -0.15) is 9.42 Å². The molecule has 0 saturated carbocycles. The van der Waals surface area contributed by atoms with Gasteiger partial charge in [0, 0.05) is 44.8 Å².